The van der Waals surface area contributed by atoms with E-state index in [4.69, 9.17) is 0 Å². The van der Waals surface area contributed by atoms with Crippen LogP contribution in [0.5, 0.6) is 0 Å². The maximum Gasteiger partial charge on any atom is 0.258 e. The largest absolute Gasteiger partial charge is 0.322 e. The van der Waals surface area contributed by atoms with E-state index in [2.05, 4.69) is 36.1 Å². The molecule has 0 saturated carbocycles. The fraction of sp³-hybridized carbons (Fsp3) is 0.227. The Morgan fingerprint density at radius 2 is 1.52 bits per heavy atom. The van der Waals surface area contributed by atoms with Gasteiger partial charge in [0.1, 0.15) is 0 Å². The number of amides is 1. The Labute approximate surface area is 160 Å². The van der Waals surface area contributed by atoms with E-state index in [1.165, 1.54) is 5.56 Å². The first-order valence-corrected chi connectivity index (χ1v) is 8.87. The van der Waals surface area contributed by atoms with Crippen molar-refractivity contribution in [3.63, 3.8) is 0 Å². The maximum atomic E-state index is 12.4. The van der Waals surface area contributed by atoms with Crippen LogP contribution >= 0.6 is 0 Å². The van der Waals surface area contributed by atoms with E-state index in [1.807, 2.05) is 66.5 Å². The van der Waals surface area contributed by atoms with E-state index < -0.39 is 0 Å². The van der Waals surface area contributed by atoms with E-state index in [-0.39, 0.29) is 11.3 Å². The van der Waals surface area contributed by atoms with Crippen molar-refractivity contribution in [2.75, 3.05) is 17.3 Å². The number of rotatable bonds is 4. The summed E-state index contributed by atoms with van der Waals surface area (Å²) in [5, 5.41) is 2.88. The van der Waals surface area contributed by atoms with Gasteiger partial charge in [0.05, 0.1) is 5.56 Å². The highest BCUT2D eigenvalue weighted by Gasteiger charge is 2.14. The number of carbonyl (C=O) groups excluding carboxylic acids is 1. The number of benzene rings is 2. The molecule has 0 unspecified atom stereocenters. The molecular formula is C22H24N4O. The van der Waals surface area contributed by atoms with Gasteiger partial charge in [0.15, 0.2) is 0 Å². The third-order valence-electron chi connectivity index (χ3n) is 4.35. The molecule has 0 bridgehead atoms. The molecule has 0 aliphatic heterocycles. The number of hydrogen-bond acceptors (Lipinski definition) is 4. The van der Waals surface area contributed by atoms with Crippen molar-refractivity contribution in [1.29, 1.82) is 0 Å². The predicted molar refractivity (Wildman–Crippen MR) is 110 cm³/mol. The number of aromatic nitrogens is 2. The molecule has 0 saturated heterocycles. The smallest absolute Gasteiger partial charge is 0.258 e. The molecule has 1 amide bonds. The standard InChI is InChI=1S/C22H24N4O/c1-22(2,3)17-10-12-18(13-11-17)25-20(27)16-14-23-21(24-15-16)26(4)19-8-6-5-7-9-19/h5-15H,1-4H3,(H,25,27). The van der Waals surface area contributed by atoms with Crippen molar-refractivity contribution >= 4 is 23.2 Å². The van der Waals surface area contributed by atoms with Crippen LogP contribution in [0.15, 0.2) is 67.0 Å². The molecule has 5 heteroatoms. The lowest BCUT2D eigenvalue weighted by molar-refractivity contribution is 0.102. The van der Waals surface area contributed by atoms with Crippen LogP contribution in [0.25, 0.3) is 0 Å². The first-order valence-electron chi connectivity index (χ1n) is 8.87. The molecule has 5 nitrogen and oxygen atoms in total. The molecule has 1 heterocycles. The Morgan fingerprint density at radius 1 is 0.926 bits per heavy atom. The number of hydrogen-bond donors (Lipinski definition) is 1. The zero-order chi connectivity index (χ0) is 19.4. The maximum absolute atomic E-state index is 12.4. The van der Waals surface area contributed by atoms with Gasteiger partial charge in [-0.1, -0.05) is 51.1 Å². The van der Waals surface area contributed by atoms with E-state index in [0.29, 0.717) is 11.5 Å². The van der Waals surface area contributed by atoms with Gasteiger partial charge in [0.2, 0.25) is 5.95 Å². The second-order valence-electron chi connectivity index (χ2n) is 7.45. The van der Waals surface area contributed by atoms with E-state index in [1.54, 1.807) is 12.4 Å². The fourth-order valence-corrected chi connectivity index (χ4v) is 2.64. The lowest BCUT2D eigenvalue weighted by Crippen LogP contribution is -2.16. The highest BCUT2D eigenvalue weighted by molar-refractivity contribution is 6.03. The van der Waals surface area contributed by atoms with Crippen molar-refractivity contribution in [2.45, 2.75) is 26.2 Å². The molecule has 0 spiro atoms. The predicted octanol–water partition coefficient (Wildman–Crippen LogP) is 4.79. The Morgan fingerprint density at radius 3 is 2.07 bits per heavy atom. The summed E-state index contributed by atoms with van der Waals surface area (Å²) in [5.74, 6) is 0.305. The van der Waals surface area contributed by atoms with Crippen molar-refractivity contribution in [2.24, 2.45) is 0 Å². The molecule has 0 aliphatic carbocycles. The lowest BCUT2D eigenvalue weighted by atomic mass is 9.87. The van der Waals surface area contributed by atoms with Crippen LogP contribution in [0, 0.1) is 0 Å². The second-order valence-corrected chi connectivity index (χ2v) is 7.45. The van der Waals surface area contributed by atoms with Gasteiger partial charge in [-0.05, 0) is 35.2 Å². The summed E-state index contributed by atoms with van der Waals surface area (Å²) in [6.45, 7) is 6.48. The molecule has 3 rings (SSSR count). The highest BCUT2D eigenvalue weighted by Crippen LogP contribution is 2.24. The SMILES string of the molecule is CN(c1ccccc1)c1ncc(C(=O)Nc2ccc(C(C)(C)C)cc2)cn1. The van der Waals surface area contributed by atoms with Crippen LogP contribution in [-0.4, -0.2) is 22.9 Å². The van der Waals surface area contributed by atoms with Gasteiger partial charge in [-0.2, -0.15) is 0 Å². The third kappa shape index (κ3) is 4.50. The average Bonchev–Trinajstić information content (AvgIpc) is 2.68. The Kier molecular flexibility index (Phi) is 5.21. The van der Waals surface area contributed by atoms with Crippen LogP contribution in [0.3, 0.4) is 0 Å². The number of carbonyl (C=O) groups is 1. The van der Waals surface area contributed by atoms with E-state index in [0.717, 1.165) is 11.4 Å². The van der Waals surface area contributed by atoms with Crippen LogP contribution in [-0.2, 0) is 5.41 Å². The molecule has 0 radical (unpaired) electrons. The van der Waals surface area contributed by atoms with E-state index >= 15 is 0 Å². The fourth-order valence-electron chi connectivity index (χ4n) is 2.64. The monoisotopic (exact) mass is 360 g/mol. The molecular weight excluding hydrogens is 336 g/mol. The Balaban J connectivity index is 1.69. The lowest BCUT2D eigenvalue weighted by Gasteiger charge is -2.19. The van der Waals surface area contributed by atoms with Gasteiger partial charge in [0.25, 0.3) is 5.91 Å². The minimum absolute atomic E-state index is 0.0803. The summed E-state index contributed by atoms with van der Waals surface area (Å²) in [6, 6.07) is 17.7. The third-order valence-corrected chi connectivity index (χ3v) is 4.35. The summed E-state index contributed by atoms with van der Waals surface area (Å²) >= 11 is 0. The molecule has 1 aromatic heterocycles. The van der Waals surface area contributed by atoms with Crippen molar-refractivity contribution in [1.82, 2.24) is 9.97 Å². The van der Waals surface area contributed by atoms with Crippen molar-refractivity contribution < 1.29 is 4.79 Å². The van der Waals surface area contributed by atoms with Gasteiger partial charge < -0.3 is 10.2 Å². The molecule has 3 aromatic rings. The van der Waals surface area contributed by atoms with Crippen LogP contribution in [0.2, 0.25) is 0 Å². The molecule has 0 atom stereocenters. The van der Waals surface area contributed by atoms with Gasteiger partial charge in [-0.15, -0.1) is 0 Å². The second kappa shape index (κ2) is 7.58. The molecule has 1 N–H and O–H groups in total. The van der Waals surface area contributed by atoms with Crippen LogP contribution in [0.4, 0.5) is 17.3 Å². The normalized spacial score (nSPS) is 11.1. The Bertz CT molecular complexity index is 898. The molecule has 2 aromatic carbocycles. The molecule has 27 heavy (non-hydrogen) atoms. The number of anilines is 3. The summed E-state index contributed by atoms with van der Waals surface area (Å²) < 4.78 is 0. The zero-order valence-corrected chi connectivity index (χ0v) is 16.1. The summed E-state index contributed by atoms with van der Waals surface area (Å²) in [4.78, 5) is 22.9. The van der Waals surface area contributed by atoms with Gasteiger partial charge >= 0.3 is 0 Å². The number of para-hydroxylation sites is 1. The quantitative estimate of drug-likeness (QED) is 0.726. The van der Waals surface area contributed by atoms with E-state index in [9.17, 15) is 4.79 Å². The Hall–Kier alpha value is -3.21. The van der Waals surface area contributed by atoms with Crippen molar-refractivity contribution in [3.8, 4) is 0 Å². The van der Waals surface area contributed by atoms with Gasteiger partial charge in [-0.25, -0.2) is 9.97 Å². The minimum atomic E-state index is -0.229. The first-order chi connectivity index (χ1) is 12.8. The van der Waals surface area contributed by atoms with Gasteiger partial charge in [0, 0.05) is 30.8 Å². The summed E-state index contributed by atoms with van der Waals surface area (Å²) in [5.41, 5.74) is 3.45. The molecule has 0 fully saturated rings. The first kappa shape index (κ1) is 18.6. The minimum Gasteiger partial charge on any atom is -0.322 e. The van der Waals surface area contributed by atoms with Crippen LogP contribution in [0.1, 0.15) is 36.7 Å². The van der Waals surface area contributed by atoms with Gasteiger partial charge in [-0.3, -0.25) is 4.79 Å². The molecule has 0 aliphatic rings. The zero-order valence-electron chi connectivity index (χ0n) is 16.1. The average molecular weight is 360 g/mol. The highest BCUT2D eigenvalue weighted by atomic mass is 16.1. The topological polar surface area (TPSA) is 58.1 Å². The number of nitrogens with one attached hydrogen (secondary N) is 1. The van der Waals surface area contributed by atoms with Crippen LogP contribution < -0.4 is 10.2 Å². The summed E-state index contributed by atoms with van der Waals surface area (Å²) in [7, 11) is 1.89. The van der Waals surface area contributed by atoms with Crippen molar-refractivity contribution in [3.05, 3.63) is 78.1 Å². The number of nitrogens with zero attached hydrogens (tertiary/aromatic N) is 3. The summed E-state index contributed by atoms with van der Waals surface area (Å²) in [6.07, 6.45) is 3.08. The molecule has 138 valence electrons.